The van der Waals surface area contributed by atoms with E-state index in [0.717, 1.165) is 0 Å². The van der Waals surface area contributed by atoms with E-state index >= 15 is 0 Å². The molecule has 1 unspecified atom stereocenters. The van der Waals surface area contributed by atoms with Gasteiger partial charge < -0.3 is 43.8 Å². The van der Waals surface area contributed by atoms with E-state index in [0.29, 0.717) is 37.9 Å². The van der Waals surface area contributed by atoms with E-state index in [4.69, 9.17) is 33.1 Å². The second-order valence-electron chi connectivity index (χ2n) is 7.01. The van der Waals surface area contributed by atoms with Gasteiger partial charge in [-0.25, -0.2) is 0 Å². The van der Waals surface area contributed by atoms with Crippen LogP contribution in [-0.4, -0.2) is 70.0 Å². The van der Waals surface area contributed by atoms with Crippen molar-refractivity contribution in [2.24, 2.45) is 22.2 Å². The maximum absolute atomic E-state index is 11.1. The number of nitrogens with one attached hydrogen (secondary N) is 2. The summed E-state index contributed by atoms with van der Waals surface area (Å²) in [5, 5.41) is 31.3. The fourth-order valence-electron chi connectivity index (χ4n) is 2.34. The first-order chi connectivity index (χ1) is 16.3. The van der Waals surface area contributed by atoms with Gasteiger partial charge in [0.15, 0.2) is 5.96 Å². The molecule has 1 fully saturated rings. The van der Waals surface area contributed by atoms with Gasteiger partial charge in [-0.1, -0.05) is 0 Å². The zero-order chi connectivity index (χ0) is 27.0. The summed E-state index contributed by atoms with van der Waals surface area (Å²) in [6.07, 6.45) is 1.72. The van der Waals surface area contributed by atoms with Crippen LogP contribution in [0.2, 0.25) is 0 Å². The highest BCUT2D eigenvalue weighted by Crippen LogP contribution is 2.12. The summed E-state index contributed by atoms with van der Waals surface area (Å²) >= 11 is 0. The number of nitro groups is 1. The fourth-order valence-corrected chi connectivity index (χ4v) is 2.34. The average Bonchev–Trinajstić information content (AvgIpc) is 3.22. The number of carboxylic acids is 2. The predicted molar refractivity (Wildman–Crippen MR) is 132 cm³/mol. The summed E-state index contributed by atoms with van der Waals surface area (Å²) < 4.78 is 0. The number of aliphatic carboxylic acids is 2. The quantitative estimate of drug-likeness (QED) is 0.0449. The van der Waals surface area contributed by atoms with Crippen molar-refractivity contribution < 1.29 is 34.3 Å². The lowest BCUT2D eigenvalue weighted by Gasteiger charge is -2.08. The molecular weight excluding hydrogens is 504 g/mol. The Bertz CT molecular complexity index is 909. The number of carbonyl (C=O) groups is 4. The van der Waals surface area contributed by atoms with Crippen molar-refractivity contribution in [2.75, 3.05) is 18.8 Å². The van der Waals surface area contributed by atoms with Gasteiger partial charge >= 0.3 is 11.9 Å². The molecule has 0 radical (unpaired) electrons. The number of nitro benzene ring substituents is 1. The van der Waals surface area contributed by atoms with E-state index < -0.39 is 41.4 Å². The van der Waals surface area contributed by atoms with Gasteiger partial charge in [-0.15, -0.1) is 12.4 Å². The molecule has 0 bridgehead atoms. The number of hydrogen-bond donors (Lipinski definition) is 8. The minimum absolute atomic E-state index is 0. The van der Waals surface area contributed by atoms with Crippen LogP contribution in [0.3, 0.4) is 0 Å². The number of rotatable bonds is 9. The van der Waals surface area contributed by atoms with E-state index in [1.54, 1.807) is 0 Å². The number of carbonyl (C=O) groups excluding carboxylic acids is 2. The molecular formula is C19H31ClN8O8. The fraction of sp³-hybridized carbons (Fsp3) is 0.421. The van der Waals surface area contributed by atoms with E-state index in [1.807, 2.05) is 0 Å². The Morgan fingerprint density at radius 3 is 2.22 bits per heavy atom. The molecule has 202 valence electrons. The maximum Gasteiger partial charge on any atom is 0.322 e. The molecule has 0 spiro atoms. The van der Waals surface area contributed by atoms with Crippen molar-refractivity contribution in [2.45, 2.75) is 37.8 Å². The molecule has 0 saturated carbocycles. The first kappa shape index (κ1) is 34.0. The molecule has 1 aliphatic heterocycles. The van der Waals surface area contributed by atoms with Gasteiger partial charge in [0.25, 0.3) is 5.69 Å². The largest absolute Gasteiger partial charge is 0.480 e. The van der Waals surface area contributed by atoms with Crippen LogP contribution in [-0.2, 0) is 19.2 Å². The smallest absolute Gasteiger partial charge is 0.322 e. The van der Waals surface area contributed by atoms with Gasteiger partial charge in [0.1, 0.15) is 18.6 Å². The van der Waals surface area contributed by atoms with Crippen molar-refractivity contribution in [1.82, 2.24) is 10.6 Å². The SMILES string of the molecule is Cl.NC(N)=NCCCC(N)C(=O)O.Nc1ccc([N+](=O)[O-])cc1.O=C(O)CNC(=O)[C@@H]1CCC(=O)N1. The number of benzene rings is 1. The summed E-state index contributed by atoms with van der Waals surface area (Å²) in [7, 11) is 0. The highest BCUT2D eigenvalue weighted by atomic mass is 35.5. The Labute approximate surface area is 212 Å². The average molecular weight is 535 g/mol. The predicted octanol–water partition coefficient (Wildman–Crippen LogP) is -1.48. The summed E-state index contributed by atoms with van der Waals surface area (Å²) in [6, 6.07) is 4.35. The van der Waals surface area contributed by atoms with Crippen LogP contribution < -0.4 is 33.6 Å². The lowest BCUT2D eigenvalue weighted by molar-refractivity contribution is -0.384. The van der Waals surface area contributed by atoms with Gasteiger partial charge in [0, 0.05) is 30.8 Å². The Morgan fingerprint density at radius 1 is 1.22 bits per heavy atom. The first-order valence-corrected chi connectivity index (χ1v) is 10.2. The lowest BCUT2D eigenvalue weighted by Crippen LogP contribution is -2.43. The van der Waals surface area contributed by atoms with Crippen molar-refractivity contribution in [3.05, 3.63) is 34.4 Å². The molecule has 12 N–H and O–H groups in total. The Balaban J connectivity index is 0. The summed E-state index contributed by atoms with van der Waals surface area (Å²) in [6.45, 7) is 0.00845. The zero-order valence-electron chi connectivity index (χ0n) is 19.2. The topological polar surface area (TPSA) is 292 Å². The minimum Gasteiger partial charge on any atom is -0.480 e. The number of nitrogens with two attached hydrogens (primary N) is 4. The highest BCUT2D eigenvalue weighted by Gasteiger charge is 2.26. The number of non-ortho nitro benzene ring substituents is 1. The third kappa shape index (κ3) is 16.4. The molecule has 1 aromatic rings. The Kier molecular flexibility index (Phi) is 17.2. The Morgan fingerprint density at radius 2 is 1.81 bits per heavy atom. The van der Waals surface area contributed by atoms with Crippen LogP contribution in [0.1, 0.15) is 25.7 Å². The molecule has 2 rings (SSSR count). The number of anilines is 1. The molecule has 0 aliphatic carbocycles. The second-order valence-corrected chi connectivity index (χ2v) is 7.01. The minimum atomic E-state index is -1.10. The van der Waals surface area contributed by atoms with Crippen LogP contribution >= 0.6 is 12.4 Å². The first-order valence-electron chi connectivity index (χ1n) is 10.2. The number of halogens is 1. The molecule has 1 aromatic carbocycles. The van der Waals surface area contributed by atoms with Crippen LogP contribution in [0.25, 0.3) is 0 Å². The van der Waals surface area contributed by atoms with Crippen molar-refractivity contribution in [3.8, 4) is 0 Å². The maximum atomic E-state index is 11.1. The molecule has 1 saturated heterocycles. The molecule has 0 aromatic heterocycles. The van der Waals surface area contributed by atoms with Gasteiger partial charge in [-0.05, 0) is 31.4 Å². The van der Waals surface area contributed by atoms with Crippen LogP contribution in [0.4, 0.5) is 11.4 Å². The summed E-state index contributed by atoms with van der Waals surface area (Å²) in [5.41, 5.74) is 21.2. The monoisotopic (exact) mass is 534 g/mol. The number of carboxylic acid groups (broad SMARTS) is 2. The highest BCUT2D eigenvalue weighted by molar-refractivity contribution is 5.92. The standard InChI is InChI=1S/C7H10N2O4.C6H14N4O2.C6H6N2O2.ClH/c10-5-2-1-4(9-5)7(13)8-3-6(11)12;7-4(5(11)12)2-1-3-10-6(8)9;7-5-1-3-6(4-2-5)8(9)10;/h4H,1-3H2,(H,8,13)(H,9,10)(H,11,12);4H,1-3,7H2,(H,11,12)(H4,8,9,10);1-4H,7H2;1H/t4-;;;/m0.../s1. The van der Waals surface area contributed by atoms with Gasteiger partial charge in [0.2, 0.25) is 11.8 Å². The number of amides is 2. The van der Waals surface area contributed by atoms with E-state index in [9.17, 15) is 29.3 Å². The van der Waals surface area contributed by atoms with Gasteiger partial charge in [0.05, 0.1) is 4.92 Å². The van der Waals surface area contributed by atoms with Gasteiger partial charge in [-0.2, -0.15) is 0 Å². The van der Waals surface area contributed by atoms with E-state index in [1.165, 1.54) is 24.3 Å². The normalized spacial score (nSPS) is 14.1. The van der Waals surface area contributed by atoms with Crippen LogP contribution in [0.5, 0.6) is 0 Å². The summed E-state index contributed by atoms with van der Waals surface area (Å²) in [5.74, 6) is -2.69. The third-order valence-corrected chi connectivity index (χ3v) is 4.11. The lowest BCUT2D eigenvalue weighted by atomic mass is 10.2. The van der Waals surface area contributed by atoms with Crippen molar-refractivity contribution in [1.29, 1.82) is 0 Å². The number of nitrogen functional groups attached to an aromatic ring is 1. The number of hydrogen-bond acceptors (Lipinski definition) is 9. The van der Waals surface area contributed by atoms with Crippen molar-refractivity contribution >= 4 is 53.5 Å². The molecule has 2 amide bonds. The summed E-state index contributed by atoms with van der Waals surface area (Å²) in [4.78, 5) is 55.4. The molecule has 17 heteroatoms. The Hall–Kier alpha value is -4.18. The second kappa shape index (κ2) is 18.2. The van der Waals surface area contributed by atoms with Crippen LogP contribution in [0, 0.1) is 10.1 Å². The molecule has 36 heavy (non-hydrogen) atoms. The molecule has 16 nitrogen and oxygen atoms in total. The third-order valence-electron chi connectivity index (χ3n) is 4.11. The van der Waals surface area contributed by atoms with E-state index in [-0.39, 0.29) is 30.0 Å². The molecule has 1 heterocycles. The molecule has 1 aliphatic rings. The number of aliphatic imine (C=N–C) groups is 1. The number of guanidine groups is 1. The van der Waals surface area contributed by atoms with E-state index in [2.05, 4.69) is 15.6 Å². The molecule has 2 atom stereocenters. The number of nitrogens with zero attached hydrogens (tertiary/aromatic N) is 2. The van der Waals surface area contributed by atoms with Crippen molar-refractivity contribution in [3.63, 3.8) is 0 Å². The van der Waals surface area contributed by atoms with Crippen LogP contribution in [0.15, 0.2) is 29.3 Å². The zero-order valence-corrected chi connectivity index (χ0v) is 20.0. The van der Waals surface area contributed by atoms with Gasteiger partial charge in [-0.3, -0.25) is 34.3 Å².